The van der Waals surface area contributed by atoms with Gasteiger partial charge >= 0.3 is 4.87 Å². The van der Waals surface area contributed by atoms with Crippen LogP contribution >= 0.6 is 11.3 Å². The first-order valence-corrected chi connectivity index (χ1v) is 8.61. The monoisotopic (exact) mass is 334 g/mol. The summed E-state index contributed by atoms with van der Waals surface area (Å²) in [5, 5.41) is 0. The number of benzene rings is 1. The molecule has 0 amide bonds. The molecule has 1 N–H and O–H groups in total. The summed E-state index contributed by atoms with van der Waals surface area (Å²) < 4.78 is 11.1. The molecule has 2 aromatic rings. The summed E-state index contributed by atoms with van der Waals surface area (Å²) in [5.74, 6) is 0.786. The van der Waals surface area contributed by atoms with Crippen LogP contribution in [0.3, 0.4) is 0 Å². The number of hydrogen-bond donors (Lipinski definition) is 1. The zero-order valence-electron chi connectivity index (χ0n) is 13.7. The molecule has 0 saturated carbocycles. The maximum absolute atomic E-state index is 11.9. The maximum Gasteiger partial charge on any atom is 0.305 e. The molecule has 2 atom stereocenters. The number of aromatic nitrogens is 1. The van der Waals surface area contributed by atoms with Gasteiger partial charge in [0.25, 0.3) is 0 Å². The van der Waals surface area contributed by atoms with Crippen LogP contribution in [-0.4, -0.2) is 42.3 Å². The molecule has 1 saturated heterocycles. The molecule has 6 heteroatoms. The lowest BCUT2D eigenvalue weighted by Crippen LogP contribution is -2.44. The molecule has 1 aliphatic heterocycles. The molecule has 1 aromatic heterocycles. The number of morpholine rings is 1. The highest BCUT2D eigenvalue weighted by Gasteiger charge is 2.24. The van der Waals surface area contributed by atoms with E-state index in [2.05, 4.69) is 23.7 Å². The fourth-order valence-corrected chi connectivity index (χ4v) is 3.99. The Bertz CT molecular complexity index is 715. The predicted octanol–water partition coefficient (Wildman–Crippen LogP) is 2.72. The lowest BCUT2D eigenvalue weighted by atomic mass is 10.1. The van der Waals surface area contributed by atoms with Gasteiger partial charge in [-0.1, -0.05) is 23.5 Å². The number of rotatable bonds is 4. The van der Waals surface area contributed by atoms with Crippen molar-refractivity contribution < 1.29 is 9.47 Å². The van der Waals surface area contributed by atoms with Crippen LogP contribution < -0.4 is 9.61 Å². The van der Waals surface area contributed by atoms with Crippen LogP contribution in [0.25, 0.3) is 11.3 Å². The van der Waals surface area contributed by atoms with Gasteiger partial charge in [-0.3, -0.25) is 9.69 Å². The van der Waals surface area contributed by atoms with Crippen LogP contribution in [-0.2, 0) is 11.3 Å². The lowest BCUT2D eigenvalue weighted by molar-refractivity contribution is -0.0702. The molecule has 2 heterocycles. The van der Waals surface area contributed by atoms with Crippen molar-refractivity contribution in [2.45, 2.75) is 32.6 Å². The highest BCUT2D eigenvalue weighted by molar-refractivity contribution is 7.09. The minimum atomic E-state index is -0.0211. The third-order valence-electron chi connectivity index (χ3n) is 3.94. The van der Waals surface area contributed by atoms with Gasteiger partial charge in [0.1, 0.15) is 5.75 Å². The second kappa shape index (κ2) is 6.86. The van der Waals surface area contributed by atoms with E-state index in [0.29, 0.717) is 0 Å². The van der Waals surface area contributed by atoms with Gasteiger partial charge in [-0.15, -0.1) is 0 Å². The zero-order chi connectivity index (χ0) is 16.4. The molecule has 23 heavy (non-hydrogen) atoms. The van der Waals surface area contributed by atoms with E-state index in [9.17, 15) is 4.79 Å². The Morgan fingerprint density at radius 3 is 2.78 bits per heavy atom. The van der Waals surface area contributed by atoms with Gasteiger partial charge in [-0.2, -0.15) is 0 Å². The summed E-state index contributed by atoms with van der Waals surface area (Å²) >= 11 is 1.28. The second-order valence-electron chi connectivity index (χ2n) is 6.00. The van der Waals surface area contributed by atoms with Gasteiger partial charge in [0.15, 0.2) is 0 Å². The zero-order valence-corrected chi connectivity index (χ0v) is 14.5. The van der Waals surface area contributed by atoms with Crippen molar-refractivity contribution in [2.75, 3.05) is 20.2 Å². The van der Waals surface area contributed by atoms with Crippen LogP contribution in [0, 0.1) is 0 Å². The molecule has 0 radical (unpaired) electrons. The summed E-state index contributed by atoms with van der Waals surface area (Å²) in [6, 6.07) is 7.78. The standard InChI is InChI=1S/C17H22N2O3S/c1-11-8-19(9-12(2)22-11)10-15-16(18-17(20)23-15)13-5-4-6-14(7-13)21-3/h4-7,11-12H,8-10H2,1-3H3,(H,18,20). The summed E-state index contributed by atoms with van der Waals surface area (Å²) in [7, 11) is 1.65. The summed E-state index contributed by atoms with van der Waals surface area (Å²) in [6.45, 7) is 6.70. The molecule has 124 valence electrons. The maximum atomic E-state index is 11.9. The van der Waals surface area contributed by atoms with Crippen LogP contribution in [0.4, 0.5) is 0 Å². The average Bonchev–Trinajstić information content (AvgIpc) is 2.87. The van der Waals surface area contributed by atoms with E-state index in [-0.39, 0.29) is 17.1 Å². The third-order valence-corrected chi connectivity index (χ3v) is 4.81. The Balaban J connectivity index is 1.87. The summed E-state index contributed by atoms with van der Waals surface area (Å²) in [5.41, 5.74) is 1.87. The number of nitrogens with zero attached hydrogens (tertiary/aromatic N) is 1. The molecule has 2 unspecified atom stereocenters. The quantitative estimate of drug-likeness (QED) is 0.934. The number of hydrogen-bond acceptors (Lipinski definition) is 5. The Kier molecular flexibility index (Phi) is 4.84. The van der Waals surface area contributed by atoms with Gasteiger partial charge in [0, 0.05) is 30.1 Å². The van der Waals surface area contributed by atoms with E-state index in [1.165, 1.54) is 11.3 Å². The molecule has 1 fully saturated rings. The van der Waals surface area contributed by atoms with Gasteiger partial charge in [0.2, 0.25) is 0 Å². The predicted molar refractivity (Wildman–Crippen MR) is 92.2 cm³/mol. The van der Waals surface area contributed by atoms with Crippen molar-refractivity contribution in [1.29, 1.82) is 0 Å². The van der Waals surface area contributed by atoms with Crippen LogP contribution in [0.15, 0.2) is 29.1 Å². The van der Waals surface area contributed by atoms with Crippen molar-refractivity contribution in [3.05, 3.63) is 38.8 Å². The SMILES string of the molecule is COc1cccc(-c2[nH]c(=O)sc2CN2CC(C)OC(C)C2)c1. The smallest absolute Gasteiger partial charge is 0.305 e. The summed E-state index contributed by atoms with van der Waals surface area (Å²) in [4.78, 5) is 18.3. The van der Waals surface area contributed by atoms with E-state index in [1.807, 2.05) is 24.3 Å². The van der Waals surface area contributed by atoms with E-state index >= 15 is 0 Å². The second-order valence-corrected chi connectivity index (χ2v) is 7.06. The van der Waals surface area contributed by atoms with Crippen LogP contribution in [0.1, 0.15) is 18.7 Å². The van der Waals surface area contributed by atoms with E-state index < -0.39 is 0 Å². The molecular formula is C17H22N2O3S. The normalized spacial score (nSPS) is 22.2. The Hall–Kier alpha value is -1.63. The topological polar surface area (TPSA) is 54.6 Å². The summed E-state index contributed by atoms with van der Waals surface area (Å²) in [6.07, 6.45) is 0.435. The molecule has 0 aliphatic carbocycles. The highest BCUT2D eigenvalue weighted by atomic mass is 32.1. The van der Waals surface area contributed by atoms with E-state index in [4.69, 9.17) is 9.47 Å². The minimum Gasteiger partial charge on any atom is -0.497 e. The molecule has 1 aliphatic rings. The molecule has 5 nitrogen and oxygen atoms in total. The van der Waals surface area contributed by atoms with Crippen molar-refractivity contribution >= 4 is 11.3 Å². The first-order valence-electron chi connectivity index (χ1n) is 7.79. The first kappa shape index (κ1) is 16.2. The fraction of sp³-hybridized carbons (Fsp3) is 0.471. The van der Waals surface area contributed by atoms with Crippen molar-refractivity contribution in [3.8, 4) is 17.0 Å². The lowest BCUT2D eigenvalue weighted by Gasteiger charge is -2.35. The molecule has 0 spiro atoms. The molecule has 1 aromatic carbocycles. The highest BCUT2D eigenvalue weighted by Crippen LogP contribution is 2.28. The number of methoxy groups -OCH3 is 1. The third kappa shape index (κ3) is 3.83. The van der Waals surface area contributed by atoms with E-state index in [1.54, 1.807) is 7.11 Å². The molecular weight excluding hydrogens is 312 g/mol. The van der Waals surface area contributed by atoms with Crippen molar-refractivity contribution in [1.82, 2.24) is 9.88 Å². The van der Waals surface area contributed by atoms with Gasteiger partial charge in [-0.25, -0.2) is 0 Å². The number of aromatic amines is 1. The van der Waals surface area contributed by atoms with Crippen LogP contribution in [0.2, 0.25) is 0 Å². The number of ether oxygens (including phenoxy) is 2. The number of H-pyrrole nitrogens is 1. The molecule has 0 bridgehead atoms. The Morgan fingerprint density at radius 2 is 2.09 bits per heavy atom. The van der Waals surface area contributed by atoms with Gasteiger partial charge in [0.05, 0.1) is 25.0 Å². The van der Waals surface area contributed by atoms with Gasteiger partial charge in [-0.05, 0) is 26.0 Å². The average molecular weight is 334 g/mol. The Morgan fingerprint density at radius 1 is 1.35 bits per heavy atom. The fourth-order valence-electron chi connectivity index (χ4n) is 3.10. The molecule has 3 rings (SSSR count). The largest absolute Gasteiger partial charge is 0.497 e. The number of thiazole rings is 1. The first-order chi connectivity index (χ1) is 11.0. The van der Waals surface area contributed by atoms with E-state index in [0.717, 1.165) is 41.5 Å². The number of nitrogens with one attached hydrogen (secondary N) is 1. The van der Waals surface area contributed by atoms with Crippen molar-refractivity contribution in [2.24, 2.45) is 0 Å². The Labute approximate surface area is 139 Å². The minimum absolute atomic E-state index is 0.0211. The van der Waals surface area contributed by atoms with Gasteiger partial charge < -0.3 is 14.5 Å². The van der Waals surface area contributed by atoms with Crippen molar-refractivity contribution in [3.63, 3.8) is 0 Å². The van der Waals surface area contributed by atoms with Crippen LogP contribution in [0.5, 0.6) is 5.75 Å².